The molecule has 0 bridgehead atoms. The van der Waals surface area contributed by atoms with Crippen LogP contribution < -0.4 is 5.32 Å². The Kier molecular flexibility index (Phi) is 3.76. The average Bonchev–Trinajstić information content (AvgIpc) is 2.19. The predicted molar refractivity (Wildman–Crippen MR) is 58.7 cm³/mol. The number of rotatable bonds is 4. The number of anilines is 1. The highest BCUT2D eigenvalue weighted by atomic mass is 16.6. The fraction of sp³-hybridized carbons (Fsp3) is 0.200. The van der Waals surface area contributed by atoms with E-state index in [1.165, 1.54) is 18.2 Å². The molecule has 0 heterocycles. The molecular formula is C10H10N2O5. The van der Waals surface area contributed by atoms with Gasteiger partial charge in [-0.05, 0) is 13.0 Å². The maximum atomic E-state index is 11.1. The number of carbonyl (C=O) groups excluding carboxylic acids is 1. The minimum atomic E-state index is -1.26. The van der Waals surface area contributed by atoms with Gasteiger partial charge in [-0.1, -0.05) is 6.07 Å². The second-order valence-electron chi connectivity index (χ2n) is 3.38. The molecule has 0 atom stereocenters. The maximum Gasteiger partial charge on any atom is 0.312 e. The molecule has 7 nitrogen and oxygen atoms in total. The molecule has 0 radical (unpaired) electrons. The van der Waals surface area contributed by atoms with Crippen LogP contribution in [0.4, 0.5) is 11.4 Å². The summed E-state index contributed by atoms with van der Waals surface area (Å²) < 4.78 is 0. The minimum Gasteiger partial charge on any atom is -0.481 e. The number of nitrogens with zero attached hydrogens (tertiary/aromatic N) is 1. The van der Waals surface area contributed by atoms with Crippen molar-refractivity contribution in [3.63, 3.8) is 0 Å². The van der Waals surface area contributed by atoms with Crippen LogP contribution in [-0.4, -0.2) is 21.9 Å². The van der Waals surface area contributed by atoms with E-state index in [2.05, 4.69) is 5.32 Å². The number of hydrogen-bond acceptors (Lipinski definition) is 4. The van der Waals surface area contributed by atoms with E-state index in [1.54, 1.807) is 6.92 Å². The van der Waals surface area contributed by atoms with E-state index < -0.39 is 23.2 Å². The highest BCUT2D eigenvalue weighted by Gasteiger charge is 2.13. The molecule has 7 heteroatoms. The van der Waals surface area contributed by atoms with Crippen LogP contribution >= 0.6 is 0 Å². The van der Waals surface area contributed by atoms with Gasteiger partial charge in [-0.3, -0.25) is 19.7 Å². The van der Waals surface area contributed by atoms with Gasteiger partial charge in [0.05, 0.1) is 4.92 Å². The Morgan fingerprint density at radius 1 is 1.47 bits per heavy atom. The first-order valence-corrected chi connectivity index (χ1v) is 4.67. The van der Waals surface area contributed by atoms with Crippen molar-refractivity contribution < 1.29 is 19.6 Å². The molecule has 0 saturated heterocycles. The number of benzene rings is 1. The van der Waals surface area contributed by atoms with Crippen LogP contribution in [0.5, 0.6) is 0 Å². The molecule has 1 aromatic rings. The molecule has 0 aliphatic carbocycles. The number of nitrogens with one attached hydrogen (secondary N) is 1. The first kappa shape index (κ1) is 12.6. The summed E-state index contributed by atoms with van der Waals surface area (Å²) >= 11 is 0. The molecule has 2 N–H and O–H groups in total. The second kappa shape index (κ2) is 5.06. The largest absolute Gasteiger partial charge is 0.481 e. The van der Waals surface area contributed by atoms with Gasteiger partial charge in [0, 0.05) is 17.3 Å². The highest BCUT2D eigenvalue weighted by Crippen LogP contribution is 2.22. The molecule has 0 aliphatic rings. The zero-order valence-electron chi connectivity index (χ0n) is 8.97. The zero-order chi connectivity index (χ0) is 13.0. The molecule has 0 saturated carbocycles. The topological polar surface area (TPSA) is 110 Å². The standard InChI is InChI=1S/C10H10N2O5/c1-6-2-3-7(4-8(6)12(16)17)11-9(13)5-10(14)15/h2-4H,5H2,1H3,(H,11,13)(H,14,15). The van der Waals surface area contributed by atoms with Crippen molar-refractivity contribution in [1.82, 2.24) is 0 Å². The molecular weight excluding hydrogens is 228 g/mol. The number of carbonyl (C=O) groups is 2. The Morgan fingerprint density at radius 3 is 2.65 bits per heavy atom. The molecule has 0 aliphatic heterocycles. The first-order valence-electron chi connectivity index (χ1n) is 4.67. The van der Waals surface area contributed by atoms with E-state index in [0.717, 1.165) is 0 Å². The summed E-state index contributed by atoms with van der Waals surface area (Å²) in [6.45, 7) is 1.57. The molecule has 0 unspecified atom stereocenters. The number of nitro benzene ring substituents is 1. The molecule has 90 valence electrons. The quantitative estimate of drug-likeness (QED) is 0.467. The van der Waals surface area contributed by atoms with Gasteiger partial charge in [0.15, 0.2) is 0 Å². The Hall–Kier alpha value is -2.44. The van der Waals surface area contributed by atoms with Crippen LogP contribution in [0, 0.1) is 17.0 Å². The normalized spacial score (nSPS) is 9.71. The average molecular weight is 238 g/mol. The SMILES string of the molecule is Cc1ccc(NC(=O)CC(=O)O)cc1[N+](=O)[O-]. The maximum absolute atomic E-state index is 11.1. The van der Waals surface area contributed by atoms with Gasteiger partial charge in [0.2, 0.25) is 5.91 Å². The van der Waals surface area contributed by atoms with Gasteiger partial charge in [-0.2, -0.15) is 0 Å². The lowest BCUT2D eigenvalue weighted by molar-refractivity contribution is -0.385. The monoisotopic (exact) mass is 238 g/mol. The number of nitro groups is 1. The van der Waals surface area contributed by atoms with Crippen LogP contribution in [-0.2, 0) is 9.59 Å². The van der Waals surface area contributed by atoms with Crippen molar-refractivity contribution in [1.29, 1.82) is 0 Å². The van der Waals surface area contributed by atoms with Crippen molar-refractivity contribution in [2.24, 2.45) is 0 Å². The van der Waals surface area contributed by atoms with E-state index in [1.807, 2.05) is 0 Å². The molecule has 17 heavy (non-hydrogen) atoms. The van der Waals surface area contributed by atoms with Crippen LogP contribution in [0.1, 0.15) is 12.0 Å². The van der Waals surface area contributed by atoms with E-state index in [9.17, 15) is 19.7 Å². The Labute approximate surface area is 96.2 Å². The molecule has 1 rings (SSSR count). The van der Waals surface area contributed by atoms with Gasteiger partial charge < -0.3 is 10.4 Å². The van der Waals surface area contributed by atoms with Crippen molar-refractivity contribution in [2.75, 3.05) is 5.32 Å². The minimum absolute atomic E-state index is 0.127. The molecule has 0 aromatic heterocycles. The summed E-state index contributed by atoms with van der Waals surface area (Å²) in [5.74, 6) is -1.99. The Morgan fingerprint density at radius 2 is 2.12 bits per heavy atom. The number of hydrogen-bond donors (Lipinski definition) is 2. The lowest BCUT2D eigenvalue weighted by atomic mass is 10.2. The number of aliphatic carboxylic acids is 1. The number of carboxylic acids is 1. The highest BCUT2D eigenvalue weighted by molar-refractivity contribution is 6.01. The van der Waals surface area contributed by atoms with Crippen LogP contribution in [0.25, 0.3) is 0 Å². The number of carboxylic acid groups (broad SMARTS) is 1. The molecule has 1 aromatic carbocycles. The fourth-order valence-electron chi connectivity index (χ4n) is 1.23. The van der Waals surface area contributed by atoms with Gasteiger partial charge in [-0.25, -0.2) is 0 Å². The molecule has 1 amide bonds. The third-order valence-corrected chi connectivity index (χ3v) is 2.00. The third-order valence-electron chi connectivity index (χ3n) is 2.00. The van der Waals surface area contributed by atoms with Gasteiger partial charge in [-0.15, -0.1) is 0 Å². The smallest absolute Gasteiger partial charge is 0.312 e. The number of amides is 1. The lowest BCUT2D eigenvalue weighted by Crippen LogP contribution is -2.16. The Bertz CT molecular complexity index is 484. The van der Waals surface area contributed by atoms with Gasteiger partial charge in [0.25, 0.3) is 5.69 Å². The Balaban J connectivity index is 2.86. The molecule has 0 fully saturated rings. The van der Waals surface area contributed by atoms with Crippen LogP contribution in [0.2, 0.25) is 0 Å². The van der Waals surface area contributed by atoms with Gasteiger partial charge >= 0.3 is 5.97 Å². The van der Waals surface area contributed by atoms with Crippen molar-refractivity contribution in [3.05, 3.63) is 33.9 Å². The van der Waals surface area contributed by atoms with Crippen LogP contribution in [0.3, 0.4) is 0 Å². The van der Waals surface area contributed by atoms with E-state index in [-0.39, 0.29) is 11.4 Å². The molecule has 0 spiro atoms. The van der Waals surface area contributed by atoms with Crippen molar-refractivity contribution in [3.8, 4) is 0 Å². The lowest BCUT2D eigenvalue weighted by Gasteiger charge is -2.04. The fourth-order valence-corrected chi connectivity index (χ4v) is 1.23. The van der Waals surface area contributed by atoms with E-state index in [4.69, 9.17) is 5.11 Å². The van der Waals surface area contributed by atoms with Gasteiger partial charge in [0.1, 0.15) is 6.42 Å². The summed E-state index contributed by atoms with van der Waals surface area (Å²) in [6, 6.07) is 4.14. The predicted octanol–water partition coefficient (Wildman–Crippen LogP) is 1.32. The van der Waals surface area contributed by atoms with E-state index in [0.29, 0.717) is 5.56 Å². The summed E-state index contributed by atoms with van der Waals surface area (Å²) in [5, 5.41) is 21.3. The van der Waals surface area contributed by atoms with Crippen molar-refractivity contribution >= 4 is 23.3 Å². The summed E-state index contributed by atoms with van der Waals surface area (Å²) in [6.07, 6.45) is -0.679. The summed E-state index contributed by atoms with van der Waals surface area (Å²) in [7, 11) is 0. The summed E-state index contributed by atoms with van der Waals surface area (Å²) in [5.41, 5.74) is 0.540. The number of aryl methyl sites for hydroxylation is 1. The first-order chi connectivity index (χ1) is 7.90. The van der Waals surface area contributed by atoms with Crippen molar-refractivity contribution in [2.45, 2.75) is 13.3 Å². The second-order valence-corrected chi connectivity index (χ2v) is 3.38. The van der Waals surface area contributed by atoms with E-state index >= 15 is 0 Å². The summed E-state index contributed by atoms with van der Waals surface area (Å²) in [4.78, 5) is 31.5. The van der Waals surface area contributed by atoms with Crippen LogP contribution in [0.15, 0.2) is 18.2 Å². The zero-order valence-corrected chi connectivity index (χ0v) is 8.97. The third kappa shape index (κ3) is 3.56.